The SMILES string of the molecule is CNC(=O)[C@H](C)N(Cc1ccc(Cl)c(Cl)c1)C(=O)CN(c1ccccc1)S(=O)(=O)c1ccc(OC)c(OC)c1. The molecule has 0 bridgehead atoms. The number of carbonyl (C=O) groups excluding carboxylic acids is 2. The summed E-state index contributed by atoms with van der Waals surface area (Å²) in [6.45, 7) is 0.969. The van der Waals surface area contributed by atoms with Gasteiger partial charge in [-0.15, -0.1) is 0 Å². The van der Waals surface area contributed by atoms with Crippen LogP contribution in [-0.2, 0) is 26.2 Å². The molecule has 12 heteroatoms. The number of amides is 2. The molecule has 2 amide bonds. The van der Waals surface area contributed by atoms with Gasteiger partial charge in [0.2, 0.25) is 11.8 Å². The Balaban J connectivity index is 2.05. The molecule has 0 aliphatic rings. The molecule has 3 aromatic rings. The van der Waals surface area contributed by atoms with Crippen molar-refractivity contribution in [3.8, 4) is 11.5 Å². The van der Waals surface area contributed by atoms with Crippen LogP contribution in [0.1, 0.15) is 12.5 Å². The zero-order chi connectivity index (χ0) is 28.7. The number of hydrogen-bond acceptors (Lipinski definition) is 6. The van der Waals surface area contributed by atoms with Crippen molar-refractivity contribution in [2.75, 3.05) is 32.1 Å². The Morgan fingerprint density at radius 3 is 2.18 bits per heavy atom. The molecule has 0 unspecified atom stereocenters. The number of halogens is 2. The summed E-state index contributed by atoms with van der Waals surface area (Å²) in [5.41, 5.74) is 0.880. The summed E-state index contributed by atoms with van der Waals surface area (Å²) < 4.78 is 39.3. The Hall–Kier alpha value is -3.47. The highest BCUT2D eigenvalue weighted by molar-refractivity contribution is 7.92. The number of rotatable bonds is 11. The third kappa shape index (κ3) is 6.95. The van der Waals surface area contributed by atoms with Crippen molar-refractivity contribution in [2.45, 2.75) is 24.4 Å². The number of methoxy groups -OCH3 is 2. The van der Waals surface area contributed by atoms with Gasteiger partial charge in [-0.1, -0.05) is 47.5 Å². The lowest BCUT2D eigenvalue weighted by atomic mass is 10.1. The number of likely N-dealkylation sites (N-methyl/N-ethyl adjacent to an activating group) is 1. The van der Waals surface area contributed by atoms with Crippen LogP contribution in [0.2, 0.25) is 10.0 Å². The molecular formula is C27H29Cl2N3O6S. The van der Waals surface area contributed by atoms with Gasteiger partial charge in [0.25, 0.3) is 10.0 Å². The minimum atomic E-state index is -4.27. The van der Waals surface area contributed by atoms with Crippen molar-refractivity contribution in [2.24, 2.45) is 0 Å². The maximum Gasteiger partial charge on any atom is 0.264 e. The van der Waals surface area contributed by atoms with Crippen molar-refractivity contribution in [3.63, 3.8) is 0 Å². The normalized spacial score (nSPS) is 11.8. The first-order chi connectivity index (χ1) is 18.5. The van der Waals surface area contributed by atoms with Gasteiger partial charge in [-0.3, -0.25) is 13.9 Å². The van der Waals surface area contributed by atoms with Gasteiger partial charge >= 0.3 is 0 Å². The predicted molar refractivity (Wildman–Crippen MR) is 151 cm³/mol. The molecule has 0 spiro atoms. The van der Waals surface area contributed by atoms with E-state index in [1.807, 2.05) is 0 Å². The van der Waals surface area contributed by atoms with Gasteiger partial charge in [0.05, 0.1) is 34.8 Å². The fraction of sp³-hybridized carbons (Fsp3) is 0.259. The van der Waals surface area contributed by atoms with Gasteiger partial charge < -0.3 is 19.7 Å². The largest absolute Gasteiger partial charge is 0.493 e. The average Bonchev–Trinajstić information content (AvgIpc) is 2.95. The fourth-order valence-electron chi connectivity index (χ4n) is 3.85. The van der Waals surface area contributed by atoms with Crippen molar-refractivity contribution < 1.29 is 27.5 Å². The molecule has 0 heterocycles. The number of benzene rings is 3. The number of nitrogens with one attached hydrogen (secondary N) is 1. The molecule has 3 rings (SSSR count). The molecule has 208 valence electrons. The summed E-state index contributed by atoms with van der Waals surface area (Å²) in [6, 6.07) is 16.3. The highest BCUT2D eigenvalue weighted by atomic mass is 35.5. The summed E-state index contributed by atoms with van der Waals surface area (Å²) >= 11 is 12.2. The Kier molecular flexibility index (Phi) is 10.1. The number of nitrogens with zero attached hydrogens (tertiary/aromatic N) is 2. The molecule has 0 aliphatic carbocycles. The third-order valence-electron chi connectivity index (χ3n) is 6.02. The second-order valence-electron chi connectivity index (χ2n) is 8.42. The number of hydrogen-bond donors (Lipinski definition) is 1. The number of para-hydroxylation sites is 1. The topological polar surface area (TPSA) is 105 Å². The van der Waals surface area contributed by atoms with Crippen LogP contribution in [0.4, 0.5) is 5.69 Å². The number of carbonyl (C=O) groups is 2. The van der Waals surface area contributed by atoms with Crippen LogP contribution in [0.5, 0.6) is 11.5 Å². The van der Waals surface area contributed by atoms with Gasteiger partial charge in [0.1, 0.15) is 12.6 Å². The van der Waals surface area contributed by atoms with Crippen molar-refractivity contribution in [1.82, 2.24) is 10.2 Å². The summed E-state index contributed by atoms with van der Waals surface area (Å²) in [5, 5.41) is 3.16. The minimum absolute atomic E-state index is 0.0106. The number of ether oxygens (including phenoxy) is 2. The van der Waals surface area contributed by atoms with E-state index in [-0.39, 0.29) is 27.9 Å². The van der Waals surface area contributed by atoms with E-state index in [0.29, 0.717) is 16.3 Å². The summed E-state index contributed by atoms with van der Waals surface area (Å²) in [6.07, 6.45) is 0. The molecule has 1 atom stereocenters. The van der Waals surface area contributed by atoms with Gasteiger partial charge in [0.15, 0.2) is 11.5 Å². The molecule has 39 heavy (non-hydrogen) atoms. The van der Waals surface area contributed by atoms with Crippen LogP contribution in [0, 0.1) is 0 Å². The molecule has 9 nitrogen and oxygen atoms in total. The Morgan fingerprint density at radius 2 is 1.59 bits per heavy atom. The molecule has 0 aliphatic heterocycles. The van der Waals surface area contributed by atoms with Crippen LogP contribution >= 0.6 is 23.2 Å². The van der Waals surface area contributed by atoms with E-state index in [1.54, 1.807) is 55.5 Å². The highest BCUT2D eigenvalue weighted by Gasteiger charge is 2.32. The molecule has 0 aromatic heterocycles. The smallest absolute Gasteiger partial charge is 0.264 e. The Bertz CT molecular complexity index is 1440. The zero-order valence-electron chi connectivity index (χ0n) is 21.9. The van der Waals surface area contributed by atoms with Gasteiger partial charge in [-0.05, 0) is 48.9 Å². The van der Waals surface area contributed by atoms with E-state index in [4.69, 9.17) is 32.7 Å². The van der Waals surface area contributed by atoms with E-state index in [9.17, 15) is 18.0 Å². The minimum Gasteiger partial charge on any atom is -0.493 e. The quantitative estimate of drug-likeness (QED) is 0.354. The molecule has 0 fully saturated rings. The predicted octanol–water partition coefficient (Wildman–Crippen LogP) is 4.37. The first kappa shape index (κ1) is 30.1. The third-order valence-corrected chi connectivity index (χ3v) is 8.53. The molecule has 0 saturated heterocycles. The maximum absolute atomic E-state index is 13.9. The highest BCUT2D eigenvalue weighted by Crippen LogP contribution is 2.32. The van der Waals surface area contributed by atoms with Crippen molar-refractivity contribution >= 4 is 50.7 Å². The summed E-state index contributed by atoms with van der Waals surface area (Å²) in [7, 11) is 0.0291. The van der Waals surface area contributed by atoms with Gasteiger partial charge in [0, 0.05) is 19.7 Å². The van der Waals surface area contributed by atoms with E-state index in [2.05, 4.69) is 5.32 Å². The van der Waals surface area contributed by atoms with Crippen LogP contribution in [0.15, 0.2) is 71.6 Å². The van der Waals surface area contributed by atoms with Gasteiger partial charge in [-0.2, -0.15) is 0 Å². The standard InChI is InChI=1S/C27H29Cl2N3O6S/c1-18(27(34)30-2)31(16-19-10-12-22(28)23(29)14-19)26(33)17-32(20-8-6-5-7-9-20)39(35,36)21-11-13-24(37-3)25(15-21)38-4/h5-15,18H,16-17H2,1-4H3,(H,30,34)/t18-/m0/s1. The van der Waals surface area contributed by atoms with E-state index in [1.165, 1.54) is 44.4 Å². The van der Waals surface area contributed by atoms with Crippen molar-refractivity contribution in [1.29, 1.82) is 0 Å². The van der Waals surface area contributed by atoms with Crippen LogP contribution < -0.4 is 19.1 Å². The van der Waals surface area contributed by atoms with Crippen molar-refractivity contribution in [3.05, 3.63) is 82.3 Å². The summed E-state index contributed by atoms with van der Waals surface area (Å²) in [5.74, 6) is -0.458. The first-order valence-corrected chi connectivity index (χ1v) is 14.0. The monoisotopic (exact) mass is 593 g/mol. The second kappa shape index (κ2) is 13.1. The van der Waals surface area contributed by atoms with E-state index in [0.717, 1.165) is 4.31 Å². The lowest BCUT2D eigenvalue weighted by Crippen LogP contribution is -2.50. The lowest BCUT2D eigenvalue weighted by Gasteiger charge is -2.32. The van der Waals surface area contributed by atoms with Gasteiger partial charge in [-0.25, -0.2) is 8.42 Å². The lowest BCUT2D eigenvalue weighted by molar-refractivity contribution is -0.139. The number of anilines is 1. The van der Waals surface area contributed by atoms with Crippen LogP contribution in [0.25, 0.3) is 0 Å². The molecular weight excluding hydrogens is 565 g/mol. The average molecular weight is 595 g/mol. The molecule has 1 N–H and O–H groups in total. The Morgan fingerprint density at radius 1 is 0.923 bits per heavy atom. The summed E-state index contributed by atoms with van der Waals surface area (Å²) in [4.78, 5) is 27.5. The van der Waals surface area contributed by atoms with Crippen LogP contribution in [-0.4, -0.2) is 59.0 Å². The molecule has 0 saturated carbocycles. The fourth-order valence-corrected chi connectivity index (χ4v) is 5.60. The molecule has 3 aromatic carbocycles. The van der Waals surface area contributed by atoms with E-state index < -0.39 is 34.4 Å². The second-order valence-corrected chi connectivity index (χ2v) is 11.1. The Labute approximate surface area is 238 Å². The zero-order valence-corrected chi connectivity index (χ0v) is 24.2. The van der Waals surface area contributed by atoms with E-state index >= 15 is 0 Å². The first-order valence-electron chi connectivity index (χ1n) is 11.8. The molecule has 0 radical (unpaired) electrons. The van der Waals surface area contributed by atoms with Crippen LogP contribution in [0.3, 0.4) is 0 Å². The maximum atomic E-state index is 13.9. The number of sulfonamides is 1.